The summed E-state index contributed by atoms with van der Waals surface area (Å²) in [5.74, 6) is -2.09. The van der Waals surface area contributed by atoms with E-state index in [2.05, 4.69) is 32.7 Å². The SMILES string of the molecule is Cc1cc(C)c(Nc2cnc(C(=O)Nc3ccc(F)c(F)c3)cn2)c(C)c1. The summed E-state index contributed by atoms with van der Waals surface area (Å²) in [7, 11) is 0. The molecule has 0 bridgehead atoms. The Kier molecular flexibility index (Phi) is 5.12. The van der Waals surface area contributed by atoms with Gasteiger partial charge in [0, 0.05) is 17.4 Å². The van der Waals surface area contributed by atoms with Crippen molar-refractivity contribution in [2.75, 3.05) is 10.6 Å². The number of halogens is 2. The molecule has 1 aromatic heterocycles. The maximum atomic E-state index is 13.2. The fourth-order valence-corrected chi connectivity index (χ4v) is 2.78. The molecule has 0 aliphatic carbocycles. The van der Waals surface area contributed by atoms with Crippen molar-refractivity contribution < 1.29 is 13.6 Å². The molecule has 0 saturated heterocycles. The van der Waals surface area contributed by atoms with E-state index in [9.17, 15) is 13.6 Å². The van der Waals surface area contributed by atoms with Crippen LogP contribution in [0.2, 0.25) is 0 Å². The van der Waals surface area contributed by atoms with E-state index in [0.717, 1.165) is 28.9 Å². The number of hydrogen-bond donors (Lipinski definition) is 2. The molecule has 5 nitrogen and oxygen atoms in total. The van der Waals surface area contributed by atoms with Crippen LogP contribution in [0.3, 0.4) is 0 Å². The first-order chi connectivity index (χ1) is 12.8. The molecule has 2 N–H and O–H groups in total. The molecule has 27 heavy (non-hydrogen) atoms. The molecule has 2 aromatic carbocycles. The smallest absolute Gasteiger partial charge is 0.275 e. The number of carbonyl (C=O) groups is 1. The van der Waals surface area contributed by atoms with E-state index in [0.29, 0.717) is 5.82 Å². The molecule has 0 spiro atoms. The van der Waals surface area contributed by atoms with Gasteiger partial charge < -0.3 is 10.6 Å². The minimum atomic E-state index is -1.04. The standard InChI is InChI=1S/C20H18F2N4O/c1-11-6-12(2)19(13(3)7-11)26-18-10-23-17(9-24-18)20(27)25-14-4-5-15(21)16(22)8-14/h4-10H,1-3H3,(H,24,26)(H,25,27). The van der Waals surface area contributed by atoms with Crippen LogP contribution in [0.4, 0.5) is 26.0 Å². The highest BCUT2D eigenvalue weighted by Crippen LogP contribution is 2.24. The second kappa shape index (κ2) is 7.49. The van der Waals surface area contributed by atoms with Crippen molar-refractivity contribution in [2.24, 2.45) is 0 Å². The number of amides is 1. The van der Waals surface area contributed by atoms with Crippen LogP contribution < -0.4 is 10.6 Å². The van der Waals surface area contributed by atoms with E-state index in [1.165, 1.54) is 24.0 Å². The first-order valence-electron chi connectivity index (χ1n) is 8.27. The van der Waals surface area contributed by atoms with Gasteiger partial charge in [-0.1, -0.05) is 17.7 Å². The van der Waals surface area contributed by atoms with Crippen molar-refractivity contribution in [2.45, 2.75) is 20.8 Å². The monoisotopic (exact) mass is 368 g/mol. The third-order valence-corrected chi connectivity index (χ3v) is 3.99. The minimum Gasteiger partial charge on any atom is -0.339 e. The van der Waals surface area contributed by atoms with Gasteiger partial charge in [0.15, 0.2) is 11.6 Å². The summed E-state index contributed by atoms with van der Waals surface area (Å²) in [4.78, 5) is 20.5. The molecule has 7 heteroatoms. The lowest BCUT2D eigenvalue weighted by Gasteiger charge is -2.13. The Bertz CT molecular complexity index is 980. The second-order valence-corrected chi connectivity index (χ2v) is 6.27. The number of benzene rings is 2. The van der Waals surface area contributed by atoms with Crippen LogP contribution in [0.15, 0.2) is 42.7 Å². The lowest BCUT2D eigenvalue weighted by atomic mass is 10.1. The summed E-state index contributed by atoms with van der Waals surface area (Å²) in [5, 5.41) is 5.65. The van der Waals surface area contributed by atoms with Crippen molar-refractivity contribution >= 4 is 23.1 Å². The fourth-order valence-electron chi connectivity index (χ4n) is 2.78. The topological polar surface area (TPSA) is 66.9 Å². The zero-order valence-electron chi connectivity index (χ0n) is 15.1. The predicted octanol–water partition coefficient (Wildman–Crippen LogP) is 4.68. The number of anilines is 3. The number of nitrogens with zero attached hydrogens (tertiary/aromatic N) is 2. The Hall–Kier alpha value is -3.35. The van der Waals surface area contributed by atoms with Crippen molar-refractivity contribution in [3.63, 3.8) is 0 Å². The summed E-state index contributed by atoms with van der Waals surface area (Å²) in [6.45, 7) is 6.03. The van der Waals surface area contributed by atoms with Gasteiger partial charge in [-0.25, -0.2) is 18.7 Å². The van der Waals surface area contributed by atoms with Crippen LogP contribution >= 0.6 is 0 Å². The molecule has 3 aromatic rings. The predicted molar refractivity (Wildman–Crippen MR) is 100 cm³/mol. The molecule has 0 fully saturated rings. The first-order valence-corrected chi connectivity index (χ1v) is 8.27. The summed E-state index contributed by atoms with van der Waals surface area (Å²) >= 11 is 0. The van der Waals surface area contributed by atoms with Crippen LogP contribution in [-0.4, -0.2) is 15.9 Å². The lowest BCUT2D eigenvalue weighted by Crippen LogP contribution is -2.14. The average Bonchev–Trinajstić information content (AvgIpc) is 2.61. The minimum absolute atomic E-state index is 0.0580. The van der Waals surface area contributed by atoms with E-state index in [-0.39, 0.29) is 11.4 Å². The molecule has 0 saturated carbocycles. The van der Waals surface area contributed by atoms with E-state index in [1.807, 2.05) is 20.8 Å². The number of aryl methyl sites for hydroxylation is 3. The Labute approximate surface area is 155 Å². The zero-order valence-corrected chi connectivity index (χ0v) is 15.1. The number of carbonyl (C=O) groups excluding carboxylic acids is 1. The fraction of sp³-hybridized carbons (Fsp3) is 0.150. The third kappa shape index (κ3) is 4.25. The molecule has 0 radical (unpaired) electrons. The van der Waals surface area contributed by atoms with Gasteiger partial charge in [0.05, 0.1) is 12.4 Å². The molecule has 0 atom stereocenters. The van der Waals surface area contributed by atoms with E-state index >= 15 is 0 Å². The van der Waals surface area contributed by atoms with Gasteiger partial charge in [-0.15, -0.1) is 0 Å². The number of rotatable bonds is 4. The molecular weight excluding hydrogens is 350 g/mol. The molecule has 1 amide bonds. The summed E-state index contributed by atoms with van der Waals surface area (Å²) in [6, 6.07) is 7.23. The Balaban J connectivity index is 1.73. The van der Waals surface area contributed by atoms with Gasteiger partial charge in [-0.05, 0) is 44.0 Å². The Morgan fingerprint density at radius 3 is 2.22 bits per heavy atom. The zero-order chi connectivity index (χ0) is 19.6. The molecule has 1 heterocycles. The highest BCUT2D eigenvalue weighted by molar-refractivity contribution is 6.02. The van der Waals surface area contributed by atoms with Gasteiger partial charge in [0.25, 0.3) is 5.91 Å². The van der Waals surface area contributed by atoms with Crippen molar-refractivity contribution in [3.05, 3.63) is 76.7 Å². The molecule has 0 unspecified atom stereocenters. The third-order valence-electron chi connectivity index (χ3n) is 3.99. The van der Waals surface area contributed by atoms with Crippen LogP contribution in [0.5, 0.6) is 0 Å². The Morgan fingerprint density at radius 1 is 0.926 bits per heavy atom. The molecule has 0 aliphatic rings. The quantitative estimate of drug-likeness (QED) is 0.702. The maximum Gasteiger partial charge on any atom is 0.275 e. The van der Waals surface area contributed by atoms with E-state index in [4.69, 9.17) is 0 Å². The highest BCUT2D eigenvalue weighted by atomic mass is 19.2. The molecular formula is C20H18F2N4O. The second-order valence-electron chi connectivity index (χ2n) is 6.27. The summed E-state index contributed by atoms with van der Waals surface area (Å²) in [5.41, 5.74) is 4.46. The largest absolute Gasteiger partial charge is 0.339 e. The van der Waals surface area contributed by atoms with Crippen LogP contribution in [0.25, 0.3) is 0 Å². The van der Waals surface area contributed by atoms with Gasteiger partial charge in [-0.2, -0.15) is 0 Å². The number of aromatic nitrogens is 2. The summed E-state index contributed by atoms with van der Waals surface area (Å²) in [6.07, 6.45) is 2.76. The first kappa shape index (κ1) is 18.4. The van der Waals surface area contributed by atoms with Crippen molar-refractivity contribution in [1.29, 1.82) is 0 Å². The van der Waals surface area contributed by atoms with Gasteiger partial charge in [0.2, 0.25) is 0 Å². The molecule has 3 rings (SSSR count). The summed E-state index contributed by atoms with van der Waals surface area (Å²) < 4.78 is 26.2. The lowest BCUT2D eigenvalue weighted by molar-refractivity contribution is 0.102. The van der Waals surface area contributed by atoms with Gasteiger partial charge in [0.1, 0.15) is 11.5 Å². The molecule has 0 aliphatic heterocycles. The number of hydrogen-bond acceptors (Lipinski definition) is 4. The van der Waals surface area contributed by atoms with E-state index < -0.39 is 17.5 Å². The van der Waals surface area contributed by atoms with Crippen molar-refractivity contribution in [3.8, 4) is 0 Å². The average molecular weight is 368 g/mol. The van der Waals surface area contributed by atoms with E-state index in [1.54, 1.807) is 0 Å². The van der Waals surface area contributed by atoms with Crippen LogP contribution in [0.1, 0.15) is 27.2 Å². The van der Waals surface area contributed by atoms with Gasteiger partial charge in [-0.3, -0.25) is 4.79 Å². The van der Waals surface area contributed by atoms with Crippen LogP contribution in [0, 0.1) is 32.4 Å². The number of nitrogens with one attached hydrogen (secondary N) is 2. The highest BCUT2D eigenvalue weighted by Gasteiger charge is 2.11. The molecule has 138 valence electrons. The maximum absolute atomic E-state index is 13.2. The normalized spacial score (nSPS) is 10.6. The van der Waals surface area contributed by atoms with Gasteiger partial charge >= 0.3 is 0 Å². The van der Waals surface area contributed by atoms with Crippen LogP contribution in [-0.2, 0) is 0 Å². The van der Waals surface area contributed by atoms with Crippen molar-refractivity contribution in [1.82, 2.24) is 9.97 Å². The Morgan fingerprint density at radius 2 is 1.63 bits per heavy atom.